The lowest BCUT2D eigenvalue weighted by Crippen LogP contribution is -2.27. The first-order chi connectivity index (χ1) is 8.04. The molecule has 0 radical (unpaired) electrons. The van der Waals surface area contributed by atoms with Crippen molar-refractivity contribution in [2.75, 3.05) is 13.1 Å². The third kappa shape index (κ3) is 4.47. The molecule has 0 saturated heterocycles. The minimum absolute atomic E-state index is 0.140. The maximum atomic E-state index is 13.0. The van der Waals surface area contributed by atoms with Crippen LogP contribution in [0.15, 0.2) is 18.2 Å². The molecule has 1 aromatic carbocycles. The van der Waals surface area contributed by atoms with E-state index in [1.807, 2.05) is 13.0 Å². The lowest BCUT2D eigenvalue weighted by atomic mass is 9.87. The van der Waals surface area contributed by atoms with Crippen molar-refractivity contribution in [3.05, 3.63) is 35.1 Å². The number of halogens is 1. The normalized spacial score (nSPS) is 13.1. The summed E-state index contributed by atoms with van der Waals surface area (Å²) in [5.74, 6) is 1.11. The fraction of sp³-hybridized carbons (Fsp3) is 0.600. The molecule has 0 aliphatic rings. The predicted molar refractivity (Wildman–Crippen MR) is 71.7 cm³/mol. The molecule has 1 unspecified atom stereocenters. The highest BCUT2D eigenvalue weighted by atomic mass is 19.1. The average Bonchev–Trinajstić information content (AvgIpc) is 2.26. The van der Waals surface area contributed by atoms with Gasteiger partial charge in [0.1, 0.15) is 5.82 Å². The summed E-state index contributed by atoms with van der Waals surface area (Å²) >= 11 is 0. The van der Waals surface area contributed by atoms with Crippen molar-refractivity contribution in [2.45, 2.75) is 34.1 Å². The average molecular weight is 237 g/mol. The Bertz CT molecular complexity index is 347. The van der Waals surface area contributed by atoms with Gasteiger partial charge in [0.15, 0.2) is 0 Å². The Hall–Kier alpha value is -0.890. The number of benzene rings is 1. The molecule has 0 heterocycles. The van der Waals surface area contributed by atoms with Crippen LogP contribution in [0.1, 0.15) is 31.9 Å². The highest BCUT2D eigenvalue weighted by Crippen LogP contribution is 2.19. The summed E-state index contributed by atoms with van der Waals surface area (Å²) in [4.78, 5) is 0. The van der Waals surface area contributed by atoms with Gasteiger partial charge in [-0.05, 0) is 61.5 Å². The third-order valence-electron chi connectivity index (χ3n) is 3.39. The molecule has 0 saturated carbocycles. The van der Waals surface area contributed by atoms with E-state index in [0.717, 1.165) is 25.1 Å². The maximum absolute atomic E-state index is 13.0. The molecule has 17 heavy (non-hydrogen) atoms. The van der Waals surface area contributed by atoms with E-state index in [2.05, 4.69) is 26.1 Å². The predicted octanol–water partition coefficient (Wildman–Crippen LogP) is 3.56. The molecular weight excluding hydrogens is 213 g/mol. The largest absolute Gasteiger partial charge is 0.317 e. The number of aryl methyl sites for hydroxylation is 1. The monoisotopic (exact) mass is 237 g/mol. The first kappa shape index (κ1) is 14.2. The van der Waals surface area contributed by atoms with Crippen LogP contribution < -0.4 is 5.32 Å². The molecule has 0 aromatic heterocycles. The van der Waals surface area contributed by atoms with E-state index in [-0.39, 0.29) is 5.82 Å². The summed E-state index contributed by atoms with van der Waals surface area (Å²) in [7, 11) is 0. The van der Waals surface area contributed by atoms with Crippen LogP contribution in [0.3, 0.4) is 0 Å². The van der Waals surface area contributed by atoms with Crippen molar-refractivity contribution in [2.24, 2.45) is 11.8 Å². The Morgan fingerprint density at radius 3 is 2.53 bits per heavy atom. The van der Waals surface area contributed by atoms with Crippen LogP contribution in [0.2, 0.25) is 0 Å². The van der Waals surface area contributed by atoms with Crippen molar-refractivity contribution in [3.63, 3.8) is 0 Å². The quantitative estimate of drug-likeness (QED) is 0.797. The maximum Gasteiger partial charge on any atom is 0.123 e. The van der Waals surface area contributed by atoms with Crippen LogP contribution in [-0.4, -0.2) is 13.1 Å². The van der Waals surface area contributed by atoms with E-state index in [0.29, 0.717) is 11.8 Å². The molecule has 1 N–H and O–H groups in total. The standard InChI is InChI=1S/C15H24FN/c1-5-17-10-14(11(2)3)9-13-6-7-15(16)8-12(13)4/h6-8,11,14,17H,5,9-10H2,1-4H3. The summed E-state index contributed by atoms with van der Waals surface area (Å²) in [5.41, 5.74) is 2.33. The van der Waals surface area contributed by atoms with Gasteiger partial charge in [-0.3, -0.25) is 0 Å². The number of hydrogen-bond donors (Lipinski definition) is 1. The third-order valence-corrected chi connectivity index (χ3v) is 3.39. The van der Waals surface area contributed by atoms with Gasteiger partial charge in [-0.15, -0.1) is 0 Å². The van der Waals surface area contributed by atoms with Gasteiger partial charge >= 0.3 is 0 Å². The van der Waals surface area contributed by atoms with Gasteiger partial charge < -0.3 is 5.32 Å². The van der Waals surface area contributed by atoms with Gasteiger partial charge in [-0.2, -0.15) is 0 Å². The van der Waals surface area contributed by atoms with Gasteiger partial charge in [0, 0.05) is 0 Å². The molecule has 1 rings (SSSR count). The van der Waals surface area contributed by atoms with E-state index in [1.54, 1.807) is 12.1 Å². The summed E-state index contributed by atoms with van der Waals surface area (Å²) in [6, 6.07) is 5.11. The molecule has 1 nitrogen and oxygen atoms in total. The van der Waals surface area contributed by atoms with Crippen LogP contribution in [0.4, 0.5) is 4.39 Å². The van der Waals surface area contributed by atoms with Crippen molar-refractivity contribution in [1.82, 2.24) is 5.32 Å². The van der Waals surface area contributed by atoms with Crippen LogP contribution in [0.25, 0.3) is 0 Å². The van der Waals surface area contributed by atoms with Crippen LogP contribution in [0, 0.1) is 24.6 Å². The lowest BCUT2D eigenvalue weighted by Gasteiger charge is -2.22. The first-order valence-corrected chi connectivity index (χ1v) is 6.50. The summed E-state index contributed by atoms with van der Waals surface area (Å²) in [6.07, 6.45) is 1.02. The van der Waals surface area contributed by atoms with Crippen LogP contribution in [-0.2, 0) is 6.42 Å². The number of hydrogen-bond acceptors (Lipinski definition) is 1. The zero-order valence-corrected chi connectivity index (χ0v) is 11.4. The highest BCUT2D eigenvalue weighted by Gasteiger charge is 2.14. The van der Waals surface area contributed by atoms with Crippen molar-refractivity contribution in [3.8, 4) is 0 Å². The van der Waals surface area contributed by atoms with E-state index in [4.69, 9.17) is 0 Å². The molecular formula is C15H24FN. The van der Waals surface area contributed by atoms with Crippen LogP contribution >= 0.6 is 0 Å². The minimum Gasteiger partial charge on any atom is -0.317 e. The van der Waals surface area contributed by atoms with Gasteiger partial charge in [0.2, 0.25) is 0 Å². The van der Waals surface area contributed by atoms with Gasteiger partial charge in [-0.25, -0.2) is 4.39 Å². The Morgan fingerprint density at radius 2 is 2.00 bits per heavy atom. The zero-order valence-electron chi connectivity index (χ0n) is 11.4. The zero-order chi connectivity index (χ0) is 12.8. The molecule has 0 spiro atoms. The molecule has 1 atom stereocenters. The molecule has 0 amide bonds. The Morgan fingerprint density at radius 1 is 1.29 bits per heavy atom. The van der Waals surface area contributed by atoms with Crippen LogP contribution in [0.5, 0.6) is 0 Å². The molecule has 0 aliphatic carbocycles. The number of rotatable bonds is 6. The van der Waals surface area contributed by atoms with Crippen molar-refractivity contribution < 1.29 is 4.39 Å². The SMILES string of the molecule is CCNCC(Cc1ccc(F)cc1C)C(C)C. The lowest BCUT2D eigenvalue weighted by molar-refractivity contribution is 0.363. The molecule has 0 aliphatic heterocycles. The van der Waals surface area contributed by atoms with E-state index < -0.39 is 0 Å². The van der Waals surface area contributed by atoms with E-state index >= 15 is 0 Å². The van der Waals surface area contributed by atoms with E-state index in [1.165, 1.54) is 5.56 Å². The Kier molecular flexibility index (Phi) is 5.63. The molecule has 96 valence electrons. The van der Waals surface area contributed by atoms with Gasteiger partial charge in [-0.1, -0.05) is 26.8 Å². The minimum atomic E-state index is -0.140. The number of nitrogens with one attached hydrogen (secondary N) is 1. The van der Waals surface area contributed by atoms with Gasteiger partial charge in [0.05, 0.1) is 0 Å². The second-order valence-corrected chi connectivity index (χ2v) is 5.09. The second-order valence-electron chi connectivity index (χ2n) is 5.09. The second kappa shape index (κ2) is 6.75. The topological polar surface area (TPSA) is 12.0 Å². The van der Waals surface area contributed by atoms with Crippen molar-refractivity contribution in [1.29, 1.82) is 0 Å². The fourth-order valence-electron chi connectivity index (χ4n) is 2.04. The summed E-state index contributed by atoms with van der Waals surface area (Å²) in [6.45, 7) is 10.7. The Balaban J connectivity index is 2.71. The molecule has 0 bridgehead atoms. The highest BCUT2D eigenvalue weighted by molar-refractivity contribution is 5.27. The Labute approximate surface area is 104 Å². The van der Waals surface area contributed by atoms with Crippen molar-refractivity contribution >= 4 is 0 Å². The molecule has 1 aromatic rings. The van der Waals surface area contributed by atoms with E-state index in [9.17, 15) is 4.39 Å². The molecule has 0 fully saturated rings. The summed E-state index contributed by atoms with van der Waals surface area (Å²) in [5, 5.41) is 3.41. The molecule has 2 heteroatoms. The van der Waals surface area contributed by atoms with Gasteiger partial charge in [0.25, 0.3) is 0 Å². The first-order valence-electron chi connectivity index (χ1n) is 6.50. The summed E-state index contributed by atoms with van der Waals surface area (Å²) < 4.78 is 13.0. The fourth-order valence-corrected chi connectivity index (χ4v) is 2.04. The smallest absolute Gasteiger partial charge is 0.123 e.